The normalized spacial score (nSPS) is 35.2. The van der Waals surface area contributed by atoms with E-state index in [0.717, 1.165) is 37.9 Å². The lowest BCUT2D eigenvalue weighted by Crippen LogP contribution is -2.41. The fourth-order valence-electron chi connectivity index (χ4n) is 4.54. The van der Waals surface area contributed by atoms with E-state index in [1.165, 1.54) is 12.8 Å². The molecule has 6 atom stereocenters. The summed E-state index contributed by atoms with van der Waals surface area (Å²) in [7, 11) is 0. The van der Waals surface area contributed by atoms with E-state index in [4.69, 9.17) is 14.6 Å². The Morgan fingerprint density at radius 3 is 2.92 bits per heavy atom. The van der Waals surface area contributed by atoms with Gasteiger partial charge < -0.3 is 19.7 Å². The highest BCUT2D eigenvalue weighted by molar-refractivity contribution is 5.66. The molecule has 1 unspecified atom stereocenters. The van der Waals surface area contributed by atoms with Crippen molar-refractivity contribution in [2.24, 2.45) is 11.8 Å². The van der Waals surface area contributed by atoms with Crippen molar-refractivity contribution in [3.63, 3.8) is 0 Å². The quantitative estimate of drug-likeness (QED) is 0.455. The highest BCUT2D eigenvalue weighted by Gasteiger charge is 2.56. The lowest BCUT2D eigenvalue weighted by Gasteiger charge is -2.37. The number of aliphatic hydroxyl groups excluding tert-OH is 1. The first-order valence-corrected chi connectivity index (χ1v) is 10.2. The maximum atomic E-state index is 10.6. The Labute approximate surface area is 156 Å². The van der Waals surface area contributed by atoms with Crippen molar-refractivity contribution in [3.05, 3.63) is 24.0 Å². The molecule has 0 spiro atoms. The topological polar surface area (TPSA) is 76.0 Å². The van der Waals surface area contributed by atoms with Gasteiger partial charge in [-0.3, -0.25) is 4.79 Å². The van der Waals surface area contributed by atoms with Crippen LogP contribution in [-0.2, 0) is 14.3 Å². The lowest BCUT2D eigenvalue weighted by molar-refractivity contribution is -0.137. The first-order valence-electron chi connectivity index (χ1n) is 10.2. The molecule has 5 nitrogen and oxygen atoms in total. The van der Waals surface area contributed by atoms with Crippen LogP contribution in [0, 0.1) is 11.8 Å². The molecule has 0 aromatic carbocycles. The van der Waals surface area contributed by atoms with Gasteiger partial charge in [-0.2, -0.15) is 0 Å². The summed E-state index contributed by atoms with van der Waals surface area (Å²) in [6.45, 7) is 2.17. The van der Waals surface area contributed by atoms with E-state index in [0.29, 0.717) is 18.3 Å². The molecular formula is C21H32O5. The van der Waals surface area contributed by atoms with Crippen LogP contribution in [-0.4, -0.2) is 40.6 Å². The summed E-state index contributed by atoms with van der Waals surface area (Å²) in [5.41, 5.74) is 0. The van der Waals surface area contributed by atoms with Crippen LogP contribution in [0.15, 0.2) is 24.0 Å². The smallest absolute Gasteiger partial charge is 0.303 e. The number of carboxylic acids is 1. The maximum absolute atomic E-state index is 10.6. The van der Waals surface area contributed by atoms with Crippen molar-refractivity contribution in [3.8, 4) is 0 Å². The third-order valence-corrected chi connectivity index (χ3v) is 5.87. The van der Waals surface area contributed by atoms with Gasteiger partial charge in [0.2, 0.25) is 0 Å². The number of fused-ring (bicyclic) bond motifs is 1. The van der Waals surface area contributed by atoms with Crippen LogP contribution >= 0.6 is 0 Å². The lowest BCUT2D eigenvalue weighted by atomic mass is 9.74. The van der Waals surface area contributed by atoms with Gasteiger partial charge in [-0.05, 0) is 25.3 Å². The third-order valence-electron chi connectivity index (χ3n) is 5.87. The number of carbonyl (C=O) groups is 1. The molecule has 146 valence electrons. The van der Waals surface area contributed by atoms with Crippen LogP contribution < -0.4 is 0 Å². The SMILES string of the molecule is CCCCC[C@H](O)C=C[C@H]1C2CC(=CCCCC(=O)O)O[C@H]3C[C@@H]1O[C@@H]23. The number of rotatable bonds is 10. The molecule has 3 aliphatic heterocycles. The fourth-order valence-corrected chi connectivity index (χ4v) is 4.54. The van der Waals surface area contributed by atoms with E-state index in [1.807, 2.05) is 6.08 Å². The summed E-state index contributed by atoms with van der Waals surface area (Å²) in [6, 6.07) is 0. The van der Waals surface area contributed by atoms with Gasteiger partial charge in [0.05, 0.1) is 24.1 Å². The summed E-state index contributed by atoms with van der Waals surface area (Å²) in [4.78, 5) is 10.6. The van der Waals surface area contributed by atoms with Gasteiger partial charge in [0.25, 0.3) is 0 Å². The van der Waals surface area contributed by atoms with E-state index in [1.54, 1.807) is 0 Å². The summed E-state index contributed by atoms with van der Waals surface area (Å²) in [5, 5.41) is 18.9. The van der Waals surface area contributed by atoms with Gasteiger partial charge in [-0.25, -0.2) is 0 Å². The summed E-state index contributed by atoms with van der Waals surface area (Å²) in [6.07, 6.45) is 13.9. The van der Waals surface area contributed by atoms with E-state index in [2.05, 4.69) is 19.1 Å². The number of aliphatic carboxylic acids is 1. The Kier molecular flexibility index (Phi) is 6.76. The Balaban J connectivity index is 1.53. The Hall–Kier alpha value is -1.33. The molecule has 5 heteroatoms. The number of hydrogen-bond donors (Lipinski definition) is 2. The van der Waals surface area contributed by atoms with E-state index >= 15 is 0 Å². The second-order valence-electron chi connectivity index (χ2n) is 7.88. The molecule has 0 aromatic heterocycles. The van der Waals surface area contributed by atoms with E-state index < -0.39 is 5.97 Å². The Morgan fingerprint density at radius 1 is 1.31 bits per heavy atom. The average molecular weight is 364 g/mol. The molecule has 26 heavy (non-hydrogen) atoms. The van der Waals surface area contributed by atoms with Gasteiger partial charge in [0.15, 0.2) is 0 Å². The van der Waals surface area contributed by atoms with Crippen molar-refractivity contribution < 1.29 is 24.5 Å². The van der Waals surface area contributed by atoms with Crippen molar-refractivity contribution in [1.29, 1.82) is 0 Å². The first-order chi connectivity index (χ1) is 12.6. The number of allylic oxidation sites excluding steroid dienone is 2. The summed E-state index contributed by atoms with van der Waals surface area (Å²) < 4.78 is 12.2. The number of aliphatic hydroxyl groups is 1. The van der Waals surface area contributed by atoms with Gasteiger partial charge in [0.1, 0.15) is 6.10 Å². The molecule has 0 saturated carbocycles. The minimum absolute atomic E-state index is 0.142. The summed E-state index contributed by atoms with van der Waals surface area (Å²) >= 11 is 0. The third kappa shape index (κ3) is 4.68. The van der Waals surface area contributed by atoms with Gasteiger partial charge >= 0.3 is 5.97 Å². The van der Waals surface area contributed by atoms with Crippen LogP contribution in [0.3, 0.4) is 0 Å². The maximum Gasteiger partial charge on any atom is 0.303 e. The minimum atomic E-state index is -0.748. The predicted molar refractivity (Wildman–Crippen MR) is 98.6 cm³/mol. The first kappa shape index (κ1) is 19.4. The predicted octanol–water partition coefficient (Wildman–Crippen LogP) is 3.82. The largest absolute Gasteiger partial charge is 0.492 e. The van der Waals surface area contributed by atoms with E-state index in [-0.39, 0.29) is 30.8 Å². The molecule has 3 saturated heterocycles. The molecule has 2 bridgehead atoms. The minimum Gasteiger partial charge on any atom is -0.492 e. The van der Waals surface area contributed by atoms with Gasteiger partial charge in [-0.1, -0.05) is 38.3 Å². The molecule has 0 aliphatic carbocycles. The van der Waals surface area contributed by atoms with Crippen LogP contribution in [0.25, 0.3) is 0 Å². The second kappa shape index (κ2) is 9.05. The molecular weight excluding hydrogens is 332 g/mol. The van der Waals surface area contributed by atoms with Gasteiger partial charge in [-0.15, -0.1) is 0 Å². The molecule has 3 heterocycles. The highest BCUT2D eigenvalue weighted by atomic mass is 16.6. The number of hydrogen-bond acceptors (Lipinski definition) is 4. The molecule has 2 N–H and O–H groups in total. The van der Waals surface area contributed by atoms with Crippen molar-refractivity contribution in [2.75, 3.05) is 0 Å². The molecule has 3 rings (SSSR count). The molecule has 3 fully saturated rings. The zero-order chi connectivity index (χ0) is 18.5. The van der Waals surface area contributed by atoms with Crippen molar-refractivity contribution in [1.82, 2.24) is 0 Å². The molecule has 0 amide bonds. The second-order valence-corrected chi connectivity index (χ2v) is 7.88. The number of carboxylic acid groups (broad SMARTS) is 1. The number of ether oxygens (including phenoxy) is 2. The standard InChI is InChI=1S/C21H32O5/c1-2-3-4-7-14(22)10-11-16-17-12-15(8-5-6-9-20(23)24)25-19-13-18(16)26-21(17)19/h8,10-11,14,16-19,21-22H,2-7,9,12-13H2,1H3,(H,23,24)/t14-,16-,17?,18-,19-,21-/m0/s1. The van der Waals surface area contributed by atoms with Crippen LogP contribution in [0.5, 0.6) is 0 Å². The van der Waals surface area contributed by atoms with Crippen molar-refractivity contribution >= 4 is 5.97 Å². The summed E-state index contributed by atoms with van der Waals surface area (Å²) in [5.74, 6) is 1.01. The Morgan fingerprint density at radius 2 is 2.15 bits per heavy atom. The van der Waals surface area contributed by atoms with Crippen molar-refractivity contribution in [2.45, 2.75) is 89.1 Å². The van der Waals surface area contributed by atoms with Gasteiger partial charge in [0, 0.05) is 31.1 Å². The Bertz CT molecular complexity index is 541. The number of unbranched alkanes of at least 4 members (excludes halogenated alkanes) is 3. The highest BCUT2D eigenvalue weighted by Crippen LogP contribution is 2.51. The molecule has 0 radical (unpaired) electrons. The monoisotopic (exact) mass is 364 g/mol. The van der Waals surface area contributed by atoms with Crippen LogP contribution in [0.1, 0.15) is 64.7 Å². The van der Waals surface area contributed by atoms with Crippen LogP contribution in [0.2, 0.25) is 0 Å². The average Bonchev–Trinajstić information content (AvgIpc) is 3.16. The molecule has 3 aliphatic rings. The zero-order valence-corrected chi connectivity index (χ0v) is 15.7. The zero-order valence-electron chi connectivity index (χ0n) is 15.7. The molecule has 0 aromatic rings. The van der Waals surface area contributed by atoms with Crippen LogP contribution in [0.4, 0.5) is 0 Å². The van der Waals surface area contributed by atoms with E-state index in [9.17, 15) is 9.90 Å². The fraction of sp³-hybridized carbons (Fsp3) is 0.762.